The van der Waals surface area contributed by atoms with Gasteiger partial charge in [0, 0.05) is 0 Å². The fraction of sp³-hybridized carbons (Fsp3) is 0.926. The zero-order valence-corrected chi connectivity index (χ0v) is 19.3. The average Bonchev–Trinajstić information content (AvgIpc) is 2.98. The van der Waals surface area contributed by atoms with E-state index in [1.807, 2.05) is 0 Å². The summed E-state index contributed by atoms with van der Waals surface area (Å²) >= 11 is 0. The van der Waals surface area contributed by atoms with E-state index in [4.69, 9.17) is 0 Å². The van der Waals surface area contributed by atoms with Crippen molar-refractivity contribution in [2.45, 2.75) is 111 Å². The smallest absolute Gasteiger partial charge is 0.0755 e. The predicted molar refractivity (Wildman–Crippen MR) is 119 cm³/mol. The van der Waals surface area contributed by atoms with Gasteiger partial charge in [0.1, 0.15) is 0 Å². The molecule has 1 nitrogen and oxygen atoms in total. The number of allylic oxidation sites excluding steroid dienone is 1. The second kappa shape index (κ2) is 7.75. The Morgan fingerprint density at radius 2 is 1.79 bits per heavy atom. The fourth-order valence-electron chi connectivity index (χ4n) is 8.81. The molecule has 0 aromatic heterocycles. The number of fused-ring (bicyclic) bond motifs is 5. The topological polar surface area (TPSA) is 20.2 Å². The first-order valence-electron chi connectivity index (χ1n) is 12.7. The number of aliphatic hydroxyl groups is 1. The zero-order valence-electron chi connectivity index (χ0n) is 19.3. The number of hydrogen-bond acceptors (Lipinski definition) is 1. The molecular formula is C27H46O. The Morgan fingerprint density at radius 3 is 2.54 bits per heavy atom. The van der Waals surface area contributed by atoms with Crippen LogP contribution in [0.15, 0.2) is 11.6 Å². The van der Waals surface area contributed by atoms with Crippen LogP contribution < -0.4 is 0 Å². The summed E-state index contributed by atoms with van der Waals surface area (Å²) in [4.78, 5) is 0. The van der Waals surface area contributed by atoms with Crippen LogP contribution in [0, 0.1) is 46.3 Å². The van der Waals surface area contributed by atoms with Crippen LogP contribution in [0.5, 0.6) is 0 Å². The largest absolute Gasteiger partial charge is 0.389 e. The van der Waals surface area contributed by atoms with Crippen LogP contribution in [-0.4, -0.2) is 11.2 Å². The van der Waals surface area contributed by atoms with E-state index >= 15 is 0 Å². The predicted octanol–water partition coefficient (Wildman–Crippen LogP) is 7.39. The molecule has 0 radical (unpaired) electrons. The maximum atomic E-state index is 10.7. The van der Waals surface area contributed by atoms with Gasteiger partial charge in [0.15, 0.2) is 0 Å². The van der Waals surface area contributed by atoms with E-state index < -0.39 is 0 Å². The normalized spacial score (nSPS) is 46.5. The minimum absolute atomic E-state index is 0.148. The van der Waals surface area contributed by atoms with E-state index in [0.717, 1.165) is 41.9 Å². The molecule has 0 spiro atoms. The number of hydrogen-bond donors (Lipinski definition) is 1. The first-order valence-corrected chi connectivity index (χ1v) is 12.7. The highest BCUT2D eigenvalue weighted by molar-refractivity contribution is 5.27. The molecule has 28 heavy (non-hydrogen) atoms. The molecule has 0 amide bonds. The summed E-state index contributed by atoms with van der Waals surface area (Å²) in [5, 5.41) is 10.7. The number of rotatable bonds is 5. The van der Waals surface area contributed by atoms with Crippen molar-refractivity contribution in [3.63, 3.8) is 0 Å². The van der Waals surface area contributed by atoms with Gasteiger partial charge in [0.25, 0.3) is 0 Å². The van der Waals surface area contributed by atoms with Crippen molar-refractivity contribution < 1.29 is 5.11 Å². The summed E-state index contributed by atoms with van der Waals surface area (Å²) in [6.45, 7) is 12.5. The quantitative estimate of drug-likeness (QED) is 0.488. The van der Waals surface area contributed by atoms with Crippen molar-refractivity contribution >= 4 is 0 Å². The maximum Gasteiger partial charge on any atom is 0.0755 e. The third-order valence-corrected chi connectivity index (χ3v) is 10.3. The number of aliphatic hydroxyl groups excluding tert-OH is 1. The highest BCUT2D eigenvalue weighted by Gasteiger charge is 2.59. The molecule has 4 aliphatic rings. The molecule has 1 N–H and O–H groups in total. The van der Waals surface area contributed by atoms with Crippen molar-refractivity contribution in [1.82, 2.24) is 0 Å². The lowest BCUT2D eigenvalue weighted by molar-refractivity contribution is -0.0590. The Labute approximate surface area is 174 Å². The Kier molecular flexibility index (Phi) is 5.80. The van der Waals surface area contributed by atoms with Crippen LogP contribution in [0.1, 0.15) is 105 Å². The summed E-state index contributed by atoms with van der Waals surface area (Å²) in [7, 11) is 0. The van der Waals surface area contributed by atoms with Crippen molar-refractivity contribution in [1.29, 1.82) is 0 Å². The average molecular weight is 387 g/mol. The van der Waals surface area contributed by atoms with Crippen LogP contribution in [0.3, 0.4) is 0 Å². The molecule has 0 aliphatic heterocycles. The van der Waals surface area contributed by atoms with Gasteiger partial charge < -0.3 is 5.11 Å². The first-order chi connectivity index (χ1) is 13.3. The molecule has 8 atom stereocenters. The van der Waals surface area contributed by atoms with Crippen LogP contribution in [0.2, 0.25) is 0 Å². The van der Waals surface area contributed by atoms with Crippen molar-refractivity contribution in [3.05, 3.63) is 11.6 Å². The third-order valence-electron chi connectivity index (χ3n) is 10.3. The zero-order chi connectivity index (χ0) is 20.1. The first kappa shape index (κ1) is 21.0. The van der Waals surface area contributed by atoms with Crippen molar-refractivity contribution in [3.8, 4) is 0 Å². The van der Waals surface area contributed by atoms with Crippen LogP contribution in [0.25, 0.3) is 0 Å². The third kappa shape index (κ3) is 3.32. The van der Waals surface area contributed by atoms with Gasteiger partial charge in [-0.25, -0.2) is 0 Å². The highest BCUT2D eigenvalue weighted by atomic mass is 16.3. The van der Waals surface area contributed by atoms with Gasteiger partial charge in [0.05, 0.1) is 6.10 Å². The lowest BCUT2D eigenvalue weighted by Gasteiger charge is -2.58. The summed E-state index contributed by atoms with van der Waals surface area (Å²) in [5.74, 6) is 5.33. The highest BCUT2D eigenvalue weighted by Crippen LogP contribution is 2.67. The second-order valence-electron chi connectivity index (χ2n) is 12.1. The summed E-state index contributed by atoms with van der Waals surface area (Å²) in [6, 6.07) is 0. The second-order valence-corrected chi connectivity index (χ2v) is 12.1. The van der Waals surface area contributed by atoms with Gasteiger partial charge in [0.2, 0.25) is 0 Å². The van der Waals surface area contributed by atoms with Gasteiger partial charge in [-0.15, -0.1) is 0 Å². The van der Waals surface area contributed by atoms with Gasteiger partial charge in [-0.2, -0.15) is 0 Å². The Balaban J connectivity index is 1.50. The van der Waals surface area contributed by atoms with Crippen LogP contribution >= 0.6 is 0 Å². The van der Waals surface area contributed by atoms with Gasteiger partial charge in [-0.3, -0.25) is 0 Å². The van der Waals surface area contributed by atoms with E-state index in [9.17, 15) is 5.11 Å². The molecule has 0 bridgehead atoms. The molecule has 3 fully saturated rings. The molecule has 0 heterocycles. The van der Waals surface area contributed by atoms with E-state index in [-0.39, 0.29) is 6.10 Å². The molecule has 0 aromatic rings. The molecule has 4 rings (SSSR count). The molecule has 3 saturated carbocycles. The standard InChI is InChI=1S/C27H46O/c1-18(2)8-6-9-19(3)21-13-14-22-20-11-12-24-25(28)10-7-16-26(24,4)23(20)15-17-27(21,22)5/h12,18-23,25,28H,6-11,13-17H2,1-5H3/t19-,20+,21-,22+,23+,25+,26+,27-/m0/s1. The Hall–Kier alpha value is -0.300. The van der Waals surface area contributed by atoms with Gasteiger partial charge in [-0.05, 0) is 103 Å². The van der Waals surface area contributed by atoms with Gasteiger partial charge >= 0.3 is 0 Å². The monoisotopic (exact) mass is 386 g/mol. The van der Waals surface area contributed by atoms with E-state index in [2.05, 4.69) is 40.7 Å². The molecule has 0 aromatic carbocycles. The molecule has 4 aliphatic carbocycles. The Morgan fingerprint density at radius 1 is 1.00 bits per heavy atom. The molecule has 160 valence electrons. The summed E-state index contributed by atoms with van der Waals surface area (Å²) < 4.78 is 0. The van der Waals surface area contributed by atoms with E-state index in [0.29, 0.717) is 10.8 Å². The molecule has 0 saturated heterocycles. The molecular weight excluding hydrogens is 340 g/mol. The minimum atomic E-state index is -0.148. The maximum absolute atomic E-state index is 10.7. The van der Waals surface area contributed by atoms with E-state index in [1.165, 1.54) is 69.8 Å². The van der Waals surface area contributed by atoms with Crippen molar-refractivity contribution in [2.75, 3.05) is 0 Å². The lowest BCUT2D eigenvalue weighted by Crippen LogP contribution is -2.51. The fourth-order valence-corrected chi connectivity index (χ4v) is 8.81. The minimum Gasteiger partial charge on any atom is -0.389 e. The Bertz CT molecular complexity index is 591. The van der Waals surface area contributed by atoms with Gasteiger partial charge in [-0.1, -0.05) is 60.0 Å². The van der Waals surface area contributed by atoms with Crippen molar-refractivity contribution in [2.24, 2.45) is 46.3 Å². The molecule has 0 unspecified atom stereocenters. The van der Waals surface area contributed by atoms with Crippen LogP contribution in [0.4, 0.5) is 0 Å². The summed E-state index contributed by atoms with van der Waals surface area (Å²) in [6.07, 6.45) is 17.2. The SMILES string of the molecule is CC(C)CCC[C@H](C)[C@@H]1CC[C@@H]2[C@H]3CC=C4[C@H](O)CCC[C@]4(C)[C@@H]3CC[C@]21C. The lowest BCUT2D eigenvalue weighted by atomic mass is 9.47. The van der Waals surface area contributed by atoms with Crippen LogP contribution in [-0.2, 0) is 0 Å². The summed E-state index contributed by atoms with van der Waals surface area (Å²) in [5.41, 5.74) is 2.30. The van der Waals surface area contributed by atoms with E-state index in [1.54, 1.807) is 0 Å². The molecule has 1 heteroatoms.